The van der Waals surface area contributed by atoms with Crippen molar-refractivity contribution < 1.29 is 9.53 Å². The Balaban J connectivity index is 2.15. The van der Waals surface area contributed by atoms with Gasteiger partial charge >= 0.3 is 0 Å². The second-order valence-electron chi connectivity index (χ2n) is 3.50. The molecule has 0 saturated carbocycles. The zero-order valence-corrected chi connectivity index (χ0v) is 10.6. The van der Waals surface area contributed by atoms with Crippen molar-refractivity contribution in [2.24, 2.45) is 0 Å². The molecule has 1 aliphatic rings. The number of ketones is 1. The molecule has 0 aromatic heterocycles. The Morgan fingerprint density at radius 2 is 2.31 bits per heavy atom. The first kappa shape index (κ1) is 11.6. The van der Waals surface area contributed by atoms with Gasteiger partial charge in [-0.1, -0.05) is 36.0 Å². The van der Waals surface area contributed by atoms with Crippen LogP contribution in [0.15, 0.2) is 24.3 Å². The molecule has 2 nitrogen and oxygen atoms in total. The van der Waals surface area contributed by atoms with Crippen LogP contribution in [-0.2, 0) is 4.74 Å². The van der Waals surface area contributed by atoms with E-state index >= 15 is 0 Å². The number of thioether (sulfide) groups is 1. The van der Waals surface area contributed by atoms with Crippen molar-refractivity contribution >= 4 is 34.1 Å². The van der Waals surface area contributed by atoms with Gasteiger partial charge in [-0.05, 0) is 24.7 Å². The van der Waals surface area contributed by atoms with Crippen LogP contribution in [-0.4, -0.2) is 16.8 Å². The normalized spacial score (nSPS) is 18.3. The smallest absolute Gasteiger partial charge is 0.220 e. The summed E-state index contributed by atoms with van der Waals surface area (Å²) >= 11 is 6.55. The summed E-state index contributed by atoms with van der Waals surface area (Å²) in [6.07, 6.45) is 0.525. The Morgan fingerprint density at radius 3 is 3.06 bits per heavy atom. The summed E-state index contributed by atoms with van der Waals surface area (Å²) in [5, 5.41) is 0.128. The SMILES string of the molecule is CCOC(=S)S[C@H]1CC(=O)c2ccccc21. The summed E-state index contributed by atoms with van der Waals surface area (Å²) in [6.45, 7) is 2.48. The maximum absolute atomic E-state index is 11.7. The van der Waals surface area contributed by atoms with E-state index in [1.54, 1.807) is 0 Å². The summed E-state index contributed by atoms with van der Waals surface area (Å²) in [7, 11) is 0. The van der Waals surface area contributed by atoms with Gasteiger partial charge in [-0.3, -0.25) is 4.79 Å². The first-order valence-electron chi connectivity index (χ1n) is 5.18. The maximum atomic E-state index is 11.7. The highest BCUT2D eigenvalue weighted by Gasteiger charge is 2.30. The Labute approximate surface area is 104 Å². The molecule has 0 radical (unpaired) electrons. The zero-order valence-electron chi connectivity index (χ0n) is 8.93. The predicted octanol–water partition coefficient (Wildman–Crippen LogP) is 3.37. The first-order valence-corrected chi connectivity index (χ1v) is 6.46. The van der Waals surface area contributed by atoms with Crippen LogP contribution >= 0.6 is 24.0 Å². The van der Waals surface area contributed by atoms with E-state index < -0.39 is 0 Å². The van der Waals surface area contributed by atoms with Crippen LogP contribution in [0.4, 0.5) is 0 Å². The van der Waals surface area contributed by atoms with E-state index in [0.29, 0.717) is 17.4 Å². The predicted molar refractivity (Wildman–Crippen MR) is 69.9 cm³/mol. The van der Waals surface area contributed by atoms with Crippen LogP contribution in [0.25, 0.3) is 0 Å². The monoisotopic (exact) mass is 252 g/mol. The van der Waals surface area contributed by atoms with Crippen molar-refractivity contribution in [1.29, 1.82) is 0 Å². The lowest BCUT2D eigenvalue weighted by molar-refractivity contribution is 0.0994. The zero-order chi connectivity index (χ0) is 11.5. The number of hydrogen-bond acceptors (Lipinski definition) is 4. The second kappa shape index (κ2) is 4.97. The second-order valence-corrected chi connectivity index (χ2v) is 5.31. The Bertz CT molecular complexity index is 429. The summed E-state index contributed by atoms with van der Waals surface area (Å²) < 4.78 is 5.76. The van der Waals surface area contributed by atoms with E-state index in [0.717, 1.165) is 11.1 Å². The number of ether oxygens (including phenoxy) is 1. The van der Waals surface area contributed by atoms with Gasteiger partial charge < -0.3 is 4.74 Å². The number of Topliss-reactive ketones (excluding diaryl/α,β-unsaturated/α-hetero) is 1. The average Bonchev–Trinajstić information content (AvgIpc) is 2.57. The molecule has 0 amide bonds. The molecule has 0 aliphatic heterocycles. The van der Waals surface area contributed by atoms with Crippen molar-refractivity contribution in [3.05, 3.63) is 35.4 Å². The van der Waals surface area contributed by atoms with Crippen LogP contribution in [0.1, 0.15) is 34.5 Å². The third-order valence-electron chi connectivity index (χ3n) is 2.48. The van der Waals surface area contributed by atoms with Gasteiger partial charge in [-0.2, -0.15) is 0 Å². The van der Waals surface area contributed by atoms with Gasteiger partial charge in [0.15, 0.2) is 5.78 Å². The Morgan fingerprint density at radius 1 is 1.56 bits per heavy atom. The van der Waals surface area contributed by atoms with E-state index in [1.807, 2.05) is 31.2 Å². The largest absolute Gasteiger partial charge is 0.479 e. The van der Waals surface area contributed by atoms with Crippen molar-refractivity contribution in [2.75, 3.05) is 6.61 Å². The fraction of sp³-hybridized carbons (Fsp3) is 0.333. The van der Waals surface area contributed by atoms with Gasteiger partial charge in [-0.25, -0.2) is 0 Å². The highest BCUT2D eigenvalue weighted by molar-refractivity contribution is 8.22. The van der Waals surface area contributed by atoms with Gasteiger partial charge in [0.1, 0.15) is 0 Å². The van der Waals surface area contributed by atoms with E-state index in [4.69, 9.17) is 17.0 Å². The molecule has 0 unspecified atom stereocenters. The van der Waals surface area contributed by atoms with Gasteiger partial charge in [0, 0.05) is 17.2 Å². The van der Waals surface area contributed by atoms with E-state index in [9.17, 15) is 4.79 Å². The lowest BCUT2D eigenvalue weighted by Gasteiger charge is -2.10. The molecule has 1 aromatic carbocycles. The average molecular weight is 252 g/mol. The fourth-order valence-corrected chi connectivity index (χ4v) is 3.24. The van der Waals surface area contributed by atoms with Crippen LogP contribution in [0.2, 0.25) is 0 Å². The topological polar surface area (TPSA) is 26.3 Å². The molecule has 1 atom stereocenters. The molecule has 0 heterocycles. The number of carbonyl (C=O) groups is 1. The first-order chi connectivity index (χ1) is 7.72. The van der Waals surface area contributed by atoms with Gasteiger partial charge in [0.2, 0.25) is 4.38 Å². The van der Waals surface area contributed by atoms with Crippen molar-refractivity contribution in [2.45, 2.75) is 18.6 Å². The molecule has 16 heavy (non-hydrogen) atoms. The molecule has 84 valence electrons. The molecule has 0 saturated heterocycles. The van der Waals surface area contributed by atoms with E-state index in [1.165, 1.54) is 11.8 Å². The molecular formula is C12H12O2S2. The summed E-state index contributed by atoms with van der Waals surface area (Å²) in [5.41, 5.74) is 1.92. The van der Waals surface area contributed by atoms with Crippen molar-refractivity contribution in [3.63, 3.8) is 0 Å². The third kappa shape index (κ3) is 2.28. The number of fused-ring (bicyclic) bond motifs is 1. The van der Waals surface area contributed by atoms with Crippen LogP contribution < -0.4 is 0 Å². The van der Waals surface area contributed by atoms with Crippen molar-refractivity contribution in [1.82, 2.24) is 0 Å². The quantitative estimate of drug-likeness (QED) is 0.754. The maximum Gasteiger partial charge on any atom is 0.220 e. The molecule has 0 fully saturated rings. The summed E-state index contributed by atoms with van der Waals surface area (Å²) in [5.74, 6) is 0.201. The molecular weight excluding hydrogens is 240 g/mol. The van der Waals surface area contributed by atoms with Crippen LogP contribution in [0, 0.1) is 0 Å². The van der Waals surface area contributed by atoms with Gasteiger partial charge in [-0.15, -0.1) is 0 Å². The lowest BCUT2D eigenvalue weighted by Crippen LogP contribution is -1.99. The minimum absolute atomic E-state index is 0.128. The lowest BCUT2D eigenvalue weighted by atomic mass is 10.1. The van der Waals surface area contributed by atoms with E-state index in [-0.39, 0.29) is 11.0 Å². The molecule has 1 aromatic rings. The minimum Gasteiger partial charge on any atom is -0.479 e. The highest BCUT2D eigenvalue weighted by atomic mass is 32.2. The molecule has 0 bridgehead atoms. The Kier molecular flexibility index (Phi) is 3.61. The number of benzene rings is 1. The van der Waals surface area contributed by atoms with Crippen molar-refractivity contribution in [3.8, 4) is 0 Å². The van der Waals surface area contributed by atoms with E-state index in [2.05, 4.69) is 0 Å². The van der Waals surface area contributed by atoms with Crippen LogP contribution in [0.5, 0.6) is 0 Å². The van der Waals surface area contributed by atoms with Gasteiger partial charge in [0.05, 0.1) is 6.61 Å². The highest BCUT2D eigenvalue weighted by Crippen LogP contribution is 2.41. The Hall–Kier alpha value is -0.870. The minimum atomic E-state index is 0.128. The standard InChI is InChI=1S/C12H12O2S2/c1-2-14-12(15)16-11-7-10(13)8-5-3-4-6-9(8)11/h3-6,11H,2,7H2,1H3/t11-/m0/s1. The molecule has 2 rings (SSSR count). The fourth-order valence-electron chi connectivity index (χ4n) is 1.79. The number of thiocarbonyl (C=S) groups is 1. The number of rotatable bonds is 2. The molecule has 1 aliphatic carbocycles. The molecule has 4 heteroatoms. The summed E-state index contributed by atoms with van der Waals surface area (Å²) in [6, 6.07) is 7.72. The van der Waals surface area contributed by atoms with Crippen LogP contribution in [0.3, 0.4) is 0 Å². The molecule has 0 spiro atoms. The number of hydrogen-bond donors (Lipinski definition) is 0. The number of carbonyl (C=O) groups excluding carboxylic acids is 1. The third-order valence-corrected chi connectivity index (χ3v) is 3.90. The van der Waals surface area contributed by atoms with Gasteiger partial charge in [0.25, 0.3) is 0 Å². The summed E-state index contributed by atoms with van der Waals surface area (Å²) in [4.78, 5) is 11.7. The molecule has 0 N–H and O–H groups in total.